The maximum absolute atomic E-state index is 12.3. The second-order valence-corrected chi connectivity index (χ2v) is 6.44. The van der Waals surface area contributed by atoms with E-state index in [9.17, 15) is 10.1 Å². The van der Waals surface area contributed by atoms with Crippen molar-refractivity contribution in [1.82, 2.24) is 9.97 Å². The summed E-state index contributed by atoms with van der Waals surface area (Å²) in [5, 5.41) is 10.1. The van der Waals surface area contributed by atoms with Gasteiger partial charge in [-0.05, 0) is 49.2 Å². The number of nitriles is 1. The van der Waals surface area contributed by atoms with E-state index < -0.39 is 0 Å². The SMILES string of the molecule is CCCCOc1ccc(C=C(C#N)c2nc3ccccc3c(=O)[nH]2)cc1OCC. The Kier molecular flexibility index (Phi) is 6.64. The quantitative estimate of drug-likeness (QED) is 0.450. The van der Waals surface area contributed by atoms with E-state index in [1.165, 1.54) is 0 Å². The number of benzene rings is 2. The summed E-state index contributed by atoms with van der Waals surface area (Å²) in [6.07, 6.45) is 3.69. The van der Waals surface area contributed by atoms with Crippen molar-refractivity contribution in [3.63, 3.8) is 0 Å². The molecule has 6 nitrogen and oxygen atoms in total. The Bertz CT molecular complexity index is 1130. The topological polar surface area (TPSA) is 88.0 Å². The van der Waals surface area contributed by atoms with E-state index in [1.54, 1.807) is 30.3 Å². The van der Waals surface area contributed by atoms with Crippen LogP contribution in [-0.4, -0.2) is 23.2 Å². The zero-order valence-electron chi connectivity index (χ0n) is 16.6. The molecule has 0 aliphatic heterocycles. The molecule has 2 aromatic carbocycles. The molecule has 0 radical (unpaired) electrons. The Morgan fingerprint density at radius 2 is 2.00 bits per heavy atom. The van der Waals surface area contributed by atoms with E-state index in [-0.39, 0.29) is 17.0 Å². The lowest BCUT2D eigenvalue weighted by Crippen LogP contribution is -2.11. The van der Waals surface area contributed by atoms with Gasteiger partial charge in [0.2, 0.25) is 0 Å². The molecule has 1 heterocycles. The van der Waals surface area contributed by atoms with Crippen molar-refractivity contribution in [1.29, 1.82) is 5.26 Å². The molecule has 0 amide bonds. The molecule has 0 bridgehead atoms. The number of ether oxygens (including phenoxy) is 2. The molecular weight excluding hydrogens is 366 g/mol. The van der Waals surface area contributed by atoms with Crippen molar-refractivity contribution in [2.45, 2.75) is 26.7 Å². The third-order valence-corrected chi connectivity index (χ3v) is 4.32. The molecule has 0 fully saturated rings. The minimum atomic E-state index is -0.276. The van der Waals surface area contributed by atoms with Gasteiger partial charge < -0.3 is 14.5 Å². The number of aromatic nitrogens is 2. The number of nitrogens with zero attached hydrogens (tertiary/aromatic N) is 2. The molecule has 0 unspecified atom stereocenters. The lowest BCUT2D eigenvalue weighted by Gasteiger charge is -2.12. The molecule has 29 heavy (non-hydrogen) atoms. The predicted molar refractivity (Wildman–Crippen MR) is 114 cm³/mol. The molecule has 0 saturated carbocycles. The van der Waals surface area contributed by atoms with Crippen molar-refractivity contribution >= 4 is 22.6 Å². The van der Waals surface area contributed by atoms with E-state index in [0.29, 0.717) is 35.6 Å². The molecule has 3 aromatic rings. The van der Waals surface area contributed by atoms with Crippen LogP contribution in [0.25, 0.3) is 22.6 Å². The van der Waals surface area contributed by atoms with Crippen LogP contribution in [0.15, 0.2) is 47.3 Å². The Hall–Kier alpha value is -3.59. The summed E-state index contributed by atoms with van der Waals surface area (Å²) in [6, 6.07) is 14.7. The van der Waals surface area contributed by atoms with Gasteiger partial charge in [0.05, 0.1) is 29.7 Å². The standard InChI is InChI=1S/C23H23N3O3/c1-3-5-12-29-20-11-10-16(14-21(20)28-4-2)13-17(15-24)22-25-19-9-7-6-8-18(19)23(27)26-22/h6-11,13-14H,3-5,12H2,1-2H3,(H,25,26,27). The van der Waals surface area contributed by atoms with Gasteiger partial charge in [0.15, 0.2) is 17.3 Å². The summed E-state index contributed by atoms with van der Waals surface area (Å²) in [5.74, 6) is 1.53. The first kappa shape index (κ1) is 20.2. The van der Waals surface area contributed by atoms with Crippen molar-refractivity contribution in [3.8, 4) is 17.6 Å². The van der Waals surface area contributed by atoms with Crippen LogP contribution in [0.3, 0.4) is 0 Å². The second kappa shape index (κ2) is 9.56. The number of rotatable bonds is 8. The van der Waals surface area contributed by atoms with E-state index in [4.69, 9.17) is 9.47 Å². The van der Waals surface area contributed by atoms with Crippen LogP contribution in [0, 0.1) is 11.3 Å². The lowest BCUT2D eigenvalue weighted by atomic mass is 10.1. The highest BCUT2D eigenvalue weighted by molar-refractivity contribution is 5.89. The molecule has 1 N–H and O–H groups in total. The van der Waals surface area contributed by atoms with Crippen LogP contribution >= 0.6 is 0 Å². The third-order valence-electron chi connectivity index (χ3n) is 4.32. The lowest BCUT2D eigenvalue weighted by molar-refractivity contribution is 0.272. The number of unbranched alkanes of at least 4 members (excludes halogenated alkanes) is 1. The average molecular weight is 389 g/mol. The smallest absolute Gasteiger partial charge is 0.259 e. The van der Waals surface area contributed by atoms with Crippen molar-refractivity contribution in [3.05, 3.63) is 64.2 Å². The molecular formula is C23H23N3O3. The predicted octanol–water partition coefficient (Wildman–Crippen LogP) is 4.56. The summed E-state index contributed by atoms with van der Waals surface area (Å²) in [6.45, 7) is 5.14. The molecule has 3 rings (SSSR count). The monoisotopic (exact) mass is 389 g/mol. The van der Waals surface area contributed by atoms with Crippen LogP contribution in [0.2, 0.25) is 0 Å². The molecule has 0 spiro atoms. The molecule has 0 atom stereocenters. The summed E-state index contributed by atoms with van der Waals surface area (Å²) in [5.41, 5.74) is 1.28. The molecule has 0 aliphatic carbocycles. The average Bonchev–Trinajstić information content (AvgIpc) is 2.73. The van der Waals surface area contributed by atoms with Crippen LogP contribution < -0.4 is 15.0 Å². The van der Waals surface area contributed by atoms with Gasteiger partial charge >= 0.3 is 0 Å². The van der Waals surface area contributed by atoms with Crippen molar-refractivity contribution in [2.75, 3.05) is 13.2 Å². The second-order valence-electron chi connectivity index (χ2n) is 6.44. The van der Waals surface area contributed by atoms with Gasteiger partial charge in [-0.15, -0.1) is 0 Å². The molecule has 6 heteroatoms. The van der Waals surface area contributed by atoms with Gasteiger partial charge in [-0.3, -0.25) is 4.79 Å². The van der Waals surface area contributed by atoms with Crippen LogP contribution in [0.4, 0.5) is 0 Å². The van der Waals surface area contributed by atoms with E-state index in [1.807, 2.05) is 25.1 Å². The zero-order valence-corrected chi connectivity index (χ0v) is 16.6. The van der Waals surface area contributed by atoms with Crippen molar-refractivity contribution < 1.29 is 9.47 Å². The van der Waals surface area contributed by atoms with Crippen LogP contribution in [0.1, 0.15) is 38.1 Å². The summed E-state index contributed by atoms with van der Waals surface area (Å²) in [7, 11) is 0. The Morgan fingerprint density at radius 1 is 1.17 bits per heavy atom. The maximum atomic E-state index is 12.3. The number of para-hydroxylation sites is 1. The summed E-state index contributed by atoms with van der Waals surface area (Å²) in [4.78, 5) is 19.4. The highest BCUT2D eigenvalue weighted by Gasteiger charge is 2.10. The highest BCUT2D eigenvalue weighted by atomic mass is 16.5. The number of H-pyrrole nitrogens is 1. The van der Waals surface area contributed by atoms with Gasteiger partial charge in [0.25, 0.3) is 5.56 Å². The first-order chi connectivity index (χ1) is 14.2. The third kappa shape index (κ3) is 4.82. The fourth-order valence-corrected chi connectivity index (χ4v) is 2.86. The van der Waals surface area contributed by atoms with Crippen LogP contribution in [-0.2, 0) is 0 Å². The Balaban J connectivity index is 1.97. The fourth-order valence-electron chi connectivity index (χ4n) is 2.86. The van der Waals surface area contributed by atoms with Crippen molar-refractivity contribution in [2.24, 2.45) is 0 Å². The van der Waals surface area contributed by atoms with E-state index in [0.717, 1.165) is 18.4 Å². The molecule has 0 aliphatic rings. The molecule has 148 valence electrons. The number of aromatic amines is 1. The number of nitrogens with one attached hydrogen (secondary N) is 1. The first-order valence-corrected chi connectivity index (χ1v) is 9.67. The first-order valence-electron chi connectivity index (χ1n) is 9.67. The van der Waals surface area contributed by atoms with Gasteiger partial charge in [0, 0.05) is 0 Å². The molecule has 0 saturated heterocycles. The van der Waals surface area contributed by atoms with Gasteiger partial charge in [-0.25, -0.2) is 4.98 Å². The maximum Gasteiger partial charge on any atom is 0.259 e. The van der Waals surface area contributed by atoms with E-state index >= 15 is 0 Å². The van der Waals surface area contributed by atoms with E-state index in [2.05, 4.69) is 23.0 Å². The number of hydrogen-bond donors (Lipinski definition) is 1. The number of allylic oxidation sites excluding steroid dienone is 1. The minimum absolute atomic E-state index is 0.234. The number of hydrogen-bond acceptors (Lipinski definition) is 5. The zero-order chi connectivity index (χ0) is 20.6. The largest absolute Gasteiger partial charge is 0.490 e. The summed E-state index contributed by atoms with van der Waals surface area (Å²) >= 11 is 0. The molecule has 1 aromatic heterocycles. The van der Waals surface area contributed by atoms with Crippen LogP contribution in [0.5, 0.6) is 11.5 Å². The normalized spacial score (nSPS) is 11.3. The van der Waals surface area contributed by atoms with Gasteiger partial charge in [0.1, 0.15) is 6.07 Å². The summed E-state index contributed by atoms with van der Waals surface area (Å²) < 4.78 is 11.5. The number of fused-ring (bicyclic) bond motifs is 1. The Labute approximate surface area is 169 Å². The fraction of sp³-hybridized carbons (Fsp3) is 0.261. The minimum Gasteiger partial charge on any atom is -0.490 e. The highest BCUT2D eigenvalue weighted by Crippen LogP contribution is 2.30. The Morgan fingerprint density at radius 3 is 2.76 bits per heavy atom. The van der Waals surface area contributed by atoms with Gasteiger partial charge in [-0.1, -0.05) is 31.5 Å². The van der Waals surface area contributed by atoms with Gasteiger partial charge in [-0.2, -0.15) is 5.26 Å².